The third-order valence-corrected chi connectivity index (χ3v) is 4.62. The number of hydrogen-bond donors (Lipinski definition) is 2. The number of nitrogens with one attached hydrogen (secondary N) is 2. The third-order valence-electron chi connectivity index (χ3n) is 3.46. The Balaban J connectivity index is 2.40. The summed E-state index contributed by atoms with van der Waals surface area (Å²) in [6.45, 7) is 3.43. The maximum Gasteiger partial charge on any atom is 0.299 e. The van der Waals surface area contributed by atoms with Gasteiger partial charge in [-0.2, -0.15) is 13.1 Å². The first-order valence-corrected chi connectivity index (χ1v) is 9.02. The Hall–Kier alpha value is -2.45. The largest absolute Gasteiger partial charge is 0.495 e. The van der Waals surface area contributed by atoms with Crippen LogP contribution in [-0.2, 0) is 10.2 Å². The fourth-order valence-corrected chi connectivity index (χ4v) is 3.15. The molecule has 0 spiro atoms. The monoisotopic (exact) mass is 366 g/mol. The predicted molar refractivity (Wildman–Crippen MR) is 93.8 cm³/mol. The highest BCUT2D eigenvalue weighted by Crippen LogP contribution is 2.27. The van der Waals surface area contributed by atoms with Gasteiger partial charge in [-0.25, -0.2) is 4.39 Å². The van der Waals surface area contributed by atoms with Gasteiger partial charge in [-0.15, -0.1) is 0 Å². The first-order valence-electron chi connectivity index (χ1n) is 7.53. The molecule has 0 amide bonds. The molecule has 8 heteroatoms. The molecule has 0 radical (unpaired) electrons. The van der Waals surface area contributed by atoms with Crippen molar-refractivity contribution >= 4 is 21.7 Å². The van der Waals surface area contributed by atoms with Crippen molar-refractivity contribution in [2.24, 2.45) is 0 Å². The van der Waals surface area contributed by atoms with Gasteiger partial charge >= 0.3 is 0 Å². The number of carbonyl (C=O) groups is 1. The molecule has 0 aliphatic heterocycles. The van der Waals surface area contributed by atoms with Crippen LogP contribution in [0.3, 0.4) is 0 Å². The molecule has 2 aromatic carbocycles. The van der Waals surface area contributed by atoms with E-state index in [-0.39, 0.29) is 29.3 Å². The molecule has 0 saturated heterocycles. The number of aryl methyl sites for hydroxylation is 1. The van der Waals surface area contributed by atoms with E-state index in [1.54, 1.807) is 13.8 Å². The third kappa shape index (κ3) is 4.55. The molecule has 0 aromatic heterocycles. The van der Waals surface area contributed by atoms with E-state index in [4.69, 9.17) is 4.74 Å². The number of carbonyl (C=O) groups excluding carboxylic acids is 1. The molecule has 0 aliphatic rings. The normalized spacial score (nSPS) is 11.2. The molecule has 2 N–H and O–H groups in total. The molecule has 6 nitrogen and oxygen atoms in total. The number of hydrogen-bond acceptors (Lipinski definition) is 4. The maximum absolute atomic E-state index is 13.4. The summed E-state index contributed by atoms with van der Waals surface area (Å²) in [7, 11) is -2.38. The summed E-state index contributed by atoms with van der Waals surface area (Å²) in [6, 6.07) is 8.45. The minimum absolute atomic E-state index is 0.133. The molecule has 0 bridgehead atoms. The van der Waals surface area contributed by atoms with Gasteiger partial charge in [0.05, 0.1) is 12.8 Å². The van der Waals surface area contributed by atoms with Gasteiger partial charge in [0.25, 0.3) is 10.2 Å². The summed E-state index contributed by atoms with van der Waals surface area (Å²) in [5, 5.41) is 0. The highest BCUT2D eigenvalue weighted by molar-refractivity contribution is 7.90. The maximum atomic E-state index is 13.4. The lowest BCUT2D eigenvalue weighted by Crippen LogP contribution is -2.30. The first-order chi connectivity index (χ1) is 11.8. The quantitative estimate of drug-likeness (QED) is 0.738. The fourth-order valence-electron chi connectivity index (χ4n) is 2.25. The van der Waals surface area contributed by atoms with E-state index in [0.717, 1.165) is 0 Å². The van der Waals surface area contributed by atoms with Gasteiger partial charge in [-0.3, -0.25) is 9.52 Å². The van der Waals surface area contributed by atoms with E-state index >= 15 is 0 Å². The molecule has 134 valence electrons. The van der Waals surface area contributed by atoms with Crippen LogP contribution in [0.25, 0.3) is 0 Å². The number of anilines is 1. The molecule has 25 heavy (non-hydrogen) atoms. The van der Waals surface area contributed by atoms with E-state index in [9.17, 15) is 17.6 Å². The molecule has 0 saturated carbocycles. The van der Waals surface area contributed by atoms with Gasteiger partial charge in [0.2, 0.25) is 0 Å². The van der Waals surface area contributed by atoms with Crippen molar-refractivity contribution in [1.29, 1.82) is 0 Å². The molecule has 2 rings (SSSR count). The van der Waals surface area contributed by atoms with Crippen LogP contribution < -0.4 is 14.2 Å². The van der Waals surface area contributed by atoms with Crippen molar-refractivity contribution in [2.75, 3.05) is 18.4 Å². The van der Waals surface area contributed by atoms with Crippen molar-refractivity contribution in [3.63, 3.8) is 0 Å². The summed E-state index contributed by atoms with van der Waals surface area (Å²) in [6.07, 6.45) is 0. The van der Waals surface area contributed by atoms with Crippen molar-refractivity contribution in [3.8, 4) is 5.75 Å². The molecule has 0 aliphatic carbocycles. The number of ketones is 1. The van der Waals surface area contributed by atoms with Gasteiger partial charge in [0, 0.05) is 17.7 Å². The van der Waals surface area contributed by atoms with Crippen LogP contribution in [0.2, 0.25) is 0 Å². The van der Waals surface area contributed by atoms with E-state index < -0.39 is 16.0 Å². The van der Waals surface area contributed by atoms with Crippen LogP contribution in [0.5, 0.6) is 5.75 Å². The van der Waals surface area contributed by atoms with Gasteiger partial charge in [0.15, 0.2) is 5.78 Å². The van der Waals surface area contributed by atoms with Gasteiger partial charge < -0.3 is 4.74 Å². The van der Waals surface area contributed by atoms with Gasteiger partial charge in [-0.05, 0) is 48.9 Å². The Morgan fingerprint density at radius 3 is 2.40 bits per heavy atom. The lowest BCUT2D eigenvalue weighted by Gasteiger charge is -2.13. The number of methoxy groups -OCH3 is 1. The number of halogens is 1. The second kappa shape index (κ2) is 7.62. The molecule has 2 aromatic rings. The van der Waals surface area contributed by atoms with Crippen LogP contribution in [0.1, 0.15) is 28.4 Å². The lowest BCUT2D eigenvalue weighted by atomic mass is 10.0. The van der Waals surface area contributed by atoms with Crippen molar-refractivity contribution in [1.82, 2.24) is 4.72 Å². The second-order valence-electron chi connectivity index (χ2n) is 5.31. The highest BCUT2D eigenvalue weighted by atomic mass is 32.2. The van der Waals surface area contributed by atoms with Gasteiger partial charge in [0.1, 0.15) is 11.6 Å². The summed E-state index contributed by atoms with van der Waals surface area (Å²) in [5.74, 6) is -0.478. The highest BCUT2D eigenvalue weighted by Gasteiger charge is 2.16. The van der Waals surface area contributed by atoms with Crippen LogP contribution >= 0.6 is 0 Å². The molecule has 0 heterocycles. The average molecular weight is 366 g/mol. The van der Waals surface area contributed by atoms with Crippen molar-refractivity contribution in [3.05, 3.63) is 58.9 Å². The topological polar surface area (TPSA) is 84.5 Å². The van der Waals surface area contributed by atoms with E-state index in [0.29, 0.717) is 11.1 Å². The zero-order valence-corrected chi connectivity index (χ0v) is 14.9. The molecule has 0 unspecified atom stereocenters. The molecule has 0 fully saturated rings. The Bertz CT molecular complexity index is 898. The van der Waals surface area contributed by atoms with Crippen LogP contribution in [0.15, 0.2) is 36.4 Å². The van der Waals surface area contributed by atoms with Crippen LogP contribution in [0.4, 0.5) is 10.1 Å². The first kappa shape index (κ1) is 18.9. The molecular formula is C17H19FN2O4S. The zero-order valence-electron chi connectivity index (χ0n) is 14.1. The molecular weight excluding hydrogens is 347 g/mol. The van der Waals surface area contributed by atoms with E-state index in [1.807, 2.05) is 0 Å². The second-order valence-corrected chi connectivity index (χ2v) is 6.81. The summed E-state index contributed by atoms with van der Waals surface area (Å²) in [5.41, 5.74) is 1.05. The molecule has 0 atom stereocenters. The summed E-state index contributed by atoms with van der Waals surface area (Å²) in [4.78, 5) is 12.6. The van der Waals surface area contributed by atoms with Crippen LogP contribution in [-0.4, -0.2) is 27.9 Å². The predicted octanol–water partition coefficient (Wildman–Crippen LogP) is 2.64. The van der Waals surface area contributed by atoms with Crippen LogP contribution in [0, 0.1) is 12.7 Å². The number of rotatable bonds is 7. The van der Waals surface area contributed by atoms with Crippen molar-refractivity contribution < 1.29 is 22.3 Å². The number of benzene rings is 2. The standard InChI is InChI=1S/C17H19FN2O4S/c1-4-19-25(22,23)20-15-10-13(6-8-16(15)24-3)17(21)12-5-7-14(18)11(2)9-12/h5-10,19-20H,4H2,1-3H3. The Kier molecular flexibility index (Phi) is 5.76. The summed E-state index contributed by atoms with van der Waals surface area (Å²) >= 11 is 0. The SMILES string of the molecule is CCNS(=O)(=O)Nc1cc(C(=O)c2ccc(F)c(C)c2)ccc1OC. The van der Waals surface area contributed by atoms with E-state index in [2.05, 4.69) is 9.44 Å². The average Bonchev–Trinajstić information content (AvgIpc) is 2.56. The van der Waals surface area contributed by atoms with Crippen molar-refractivity contribution in [2.45, 2.75) is 13.8 Å². The smallest absolute Gasteiger partial charge is 0.299 e. The minimum atomic E-state index is -3.78. The lowest BCUT2D eigenvalue weighted by molar-refractivity contribution is 0.103. The number of ether oxygens (including phenoxy) is 1. The van der Waals surface area contributed by atoms with E-state index in [1.165, 1.54) is 43.5 Å². The Labute approximate surface area is 146 Å². The Morgan fingerprint density at radius 1 is 1.16 bits per heavy atom. The van der Waals surface area contributed by atoms with Gasteiger partial charge in [-0.1, -0.05) is 6.92 Å². The zero-order chi connectivity index (χ0) is 18.6. The fraction of sp³-hybridized carbons (Fsp3) is 0.235. The Morgan fingerprint density at radius 2 is 1.80 bits per heavy atom. The summed E-state index contributed by atoms with van der Waals surface area (Å²) < 4.78 is 46.9. The minimum Gasteiger partial charge on any atom is -0.495 e.